The number of esters is 1. The summed E-state index contributed by atoms with van der Waals surface area (Å²) < 4.78 is 19.1. The number of allylic oxidation sites excluding steroid dienone is 1. The number of anilines is 1. The minimum Gasteiger partial charge on any atom is -0.496 e. The van der Waals surface area contributed by atoms with E-state index in [-0.39, 0.29) is 12.2 Å². The lowest BCUT2D eigenvalue weighted by Gasteiger charge is -2.27. The normalized spacial score (nSPS) is 15.5. The highest BCUT2D eigenvalue weighted by atomic mass is 32.1. The third kappa shape index (κ3) is 4.25. The number of methoxy groups -OCH3 is 1. The van der Waals surface area contributed by atoms with Crippen LogP contribution in [-0.2, 0) is 9.53 Å². The highest BCUT2D eigenvalue weighted by Crippen LogP contribution is 2.40. The summed E-state index contributed by atoms with van der Waals surface area (Å²) in [5, 5.41) is 1.84. The van der Waals surface area contributed by atoms with Gasteiger partial charge in [0.1, 0.15) is 17.6 Å². The van der Waals surface area contributed by atoms with Crippen LogP contribution < -0.4 is 24.5 Å². The minimum absolute atomic E-state index is 0.201. The maximum absolute atomic E-state index is 13.9. The lowest BCUT2D eigenvalue weighted by atomic mass is 9.90. The van der Waals surface area contributed by atoms with Gasteiger partial charge in [0, 0.05) is 31.8 Å². The first-order valence-corrected chi connectivity index (χ1v) is 12.7. The van der Waals surface area contributed by atoms with Gasteiger partial charge in [-0.2, -0.15) is 0 Å². The monoisotopic (exact) mass is 517 g/mol. The zero-order chi connectivity index (χ0) is 26.3. The molecule has 0 bridgehead atoms. The van der Waals surface area contributed by atoms with E-state index in [0.29, 0.717) is 43.6 Å². The number of nitrogens with zero attached hydrogens (tertiary/aromatic N) is 3. The number of carbonyl (C=O) groups is 1. The summed E-state index contributed by atoms with van der Waals surface area (Å²) in [6.45, 7) is 3.72. The molecule has 3 heterocycles. The summed E-state index contributed by atoms with van der Waals surface area (Å²) in [6, 6.07) is 14.5. The molecule has 0 saturated heterocycles. The Labute approximate surface area is 217 Å². The first-order valence-electron chi connectivity index (χ1n) is 11.9. The molecule has 1 aliphatic heterocycles. The number of benzene rings is 2. The van der Waals surface area contributed by atoms with E-state index in [1.807, 2.05) is 67.5 Å². The van der Waals surface area contributed by atoms with Crippen LogP contribution >= 0.6 is 11.3 Å². The van der Waals surface area contributed by atoms with Crippen molar-refractivity contribution in [3.05, 3.63) is 90.8 Å². The molecule has 190 valence electrons. The lowest BCUT2D eigenvalue weighted by Crippen LogP contribution is -2.40. The van der Waals surface area contributed by atoms with Crippen molar-refractivity contribution < 1.29 is 18.7 Å². The Bertz CT molecular complexity index is 1720. The number of ether oxygens (including phenoxy) is 2. The maximum Gasteiger partial charge on any atom is 0.338 e. The molecular formula is C28H27N3O5S. The van der Waals surface area contributed by atoms with Crippen molar-refractivity contribution in [3.8, 4) is 5.75 Å². The Morgan fingerprint density at radius 2 is 1.97 bits per heavy atom. The molecule has 2 aromatic heterocycles. The van der Waals surface area contributed by atoms with Crippen molar-refractivity contribution >= 4 is 40.0 Å². The van der Waals surface area contributed by atoms with Gasteiger partial charge in [0.15, 0.2) is 10.7 Å². The zero-order valence-corrected chi connectivity index (χ0v) is 22.1. The van der Waals surface area contributed by atoms with E-state index in [9.17, 15) is 9.59 Å². The molecule has 4 aromatic rings. The average molecular weight is 518 g/mol. The van der Waals surface area contributed by atoms with Gasteiger partial charge in [-0.1, -0.05) is 41.7 Å². The molecule has 1 atom stereocenters. The molecule has 1 aliphatic rings. The van der Waals surface area contributed by atoms with Gasteiger partial charge in [-0.05, 0) is 36.8 Å². The molecule has 8 nitrogen and oxygen atoms in total. The molecule has 0 aliphatic carbocycles. The smallest absolute Gasteiger partial charge is 0.338 e. The zero-order valence-electron chi connectivity index (χ0n) is 21.3. The van der Waals surface area contributed by atoms with Crippen molar-refractivity contribution in [2.24, 2.45) is 4.99 Å². The fourth-order valence-electron chi connectivity index (χ4n) is 4.59. The van der Waals surface area contributed by atoms with Crippen LogP contribution in [0.4, 0.5) is 5.88 Å². The van der Waals surface area contributed by atoms with Crippen LogP contribution in [0.2, 0.25) is 0 Å². The molecule has 0 fully saturated rings. The van der Waals surface area contributed by atoms with Crippen molar-refractivity contribution in [1.29, 1.82) is 0 Å². The van der Waals surface area contributed by atoms with E-state index in [1.165, 1.54) is 11.3 Å². The van der Waals surface area contributed by atoms with Gasteiger partial charge in [-0.3, -0.25) is 9.36 Å². The second-order valence-electron chi connectivity index (χ2n) is 8.78. The minimum atomic E-state index is -0.785. The second-order valence-corrected chi connectivity index (χ2v) is 9.78. The van der Waals surface area contributed by atoms with E-state index < -0.39 is 12.0 Å². The highest BCUT2D eigenvalue weighted by molar-refractivity contribution is 7.07. The van der Waals surface area contributed by atoms with Gasteiger partial charge >= 0.3 is 5.97 Å². The number of hydrogen-bond acceptors (Lipinski definition) is 8. The Morgan fingerprint density at radius 3 is 2.68 bits per heavy atom. The van der Waals surface area contributed by atoms with Crippen molar-refractivity contribution in [1.82, 2.24) is 4.57 Å². The fourth-order valence-corrected chi connectivity index (χ4v) is 5.62. The number of rotatable bonds is 6. The van der Waals surface area contributed by atoms with Crippen LogP contribution in [0.1, 0.15) is 31.2 Å². The van der Waals surface area contributed by atoms with Crippen LogP contribution in [0.15, 0.2) is 74.0 Å². The second kappa shape index (κ2) is 9.74. The molecule has 0 amide bonds. The SMILES string of the molecule is CCOC(=O)C1=C(C)N=c2sc(=Cc3ccc(N(C)C)o3)c(=O)n2[C@H]1c1c(OC)ccc2ccccc12. The predicted octanol–water partition coefficient (Wildman–Crippen LogP) is 3.62. The topological polar surface area (TPSA) is 86.3 Å². The van der Waals surface area contributed by atoms with E-state index in [0.717, 1.165) is 10.8 Å². The summed E-state index contributed by atoms with van der Waals surface area (Å²) in [5.41, 5.74) is 1.24. The van der Waals surface area contributed by atoms with Gasteiger partial charge in [0.25, 0.3) is 5.56 Å². The largest absolute Gasteiger partial charge is 0.496 e. The van der Waals surface area contributed by atoms with Crippen LogP contribution in [0.5, 0.6) is 5.75 Å². The molecule has 0 N–H and O–H groups in total. The Hall–Kier alpha value is -4.11. The van der Waals surface area contributed by atoms with E-state index in [4.69, 9.17) is 13.9 Å². The molecule has 2 aromatic carbocycles. The quantitative estimate of drug-likeness (QED) is 0.363. The van der Waals surface area contributed by atoms with E-state index in [1.54, 1.807) is 31.6 Å². The van der Waals surface area contributed by atoms with E-state index >= 15 is 0 Å². The summed E-state index contributed by atoms with van der Waals surface area (Å²) in [6.07, 6.45) is 1.71. The van der Waals surface area contributed by atoms with Gasteiger partial charge < -0.3 is 18.8 Å². The standard InChI is InChI=1S/C28H27N3O5S/c1-6-35-27(33)23-16(2)29-28-31(26(32)21(37-28)15-18-12-14-22(36-18)30(3)4)25(23)24-19-10-8-7-9-17(19)11-13-20(24)34-5/h7-15,25H,6H2,1-5H3/t25-/m1/s1. The first kappa shape index (κ1) is 24.6. The number of thiazole rings is 1. The Balaban J connectivity index is 1.82. The molecule has 0 saturated carbocycles. The molecule has 0 spiro atoms. The van der Waals surface area contributed by atoms with Crippen LogP contribution in [-0.4, -0.2) is 38.3 Å². The van der Waals surface area contributed by atoms with Gasteiger partial charge in [-0.25, -0.2) is 9.79 Å². The molecule has 0 radical (unpaired) electrons. The number of aromatic nitrogens is 1. The van der Waals surface area contributed by atoms with Crippen molar-refractivity contribution in [2.75, 3.05) is 32.7 Å². The Morgan fingerprint density at radius 1 is 1.19 bits per heavy atom. The maximum atomic E-state index is 13.9. The van der Waals surface area contributed by atoms with Crippen LogP contribution in [0, 0.1) is 0 Å². The highest BCUT2D eigenvalue weighted by Gasteiger charge is 2.36. The first-order chi connectivity index (χ1) is 17.8. The molecule has 5 rings (SSSR count). The third-order valence-corrected chi connectivity index (χ3v) is 7.25. The van der Waals surface area contributed by atoms with Gasteiger partial charge in [0.05, 0.1) is 29.5 Å². The molecule has 37 heavy (non-hydrogen) atoms. The van der Waals surface area contributed by atoms with Crippen LogP contribution in [0.3, 0.4) is 0 Å². The summed E-state index contributed by atoms with van der Waals surface area (Å²) >= 11 is 1.25. The number of carbonyl (C=O) groups excluding carboxylic acids is 1. The summed E-state index contributed by atoms with van der Waals surface area (Å²) in [7, 11) is 5.35. The lowest BCUT2D eigenvalue weighted by molar-refractivity contribution is -0.139. The predicted molar refractivity (Wildman–Crippen MR) is 144 cm³/mol. The number of fused-ring (bicyclic) bond motifs is 2. The third-order valence-electron chi connectivity index (χ3n) is 6.27. The average Bonchev–Trinajstić information content (AvgIpc) is 3.47. The summed E-state index contributed by atoms with van der Waals surface area (Å²) in [5.74, 6) is 1.28. The molecule has 0 unspecified atom stereocenters. The number of hydrogen-bond donors (Lipinski definition) is 0. The Kier molecular flexibility index (Phi) is 6.47. The number of furan rings is 1. The van der Waals surface area contributed by atoms with Gasteiger partial charge in [-0.15, -0.1) is 0 Å². The summed E-state index contributed by atoms with van der Waals surface area (Å²) in [4.78, 5) is 34.2. The molecular weight excluding hydrogens is 490 g/mol. The van der Waals surface area contributed by atoms with Crippen molar-refractivity contribution in [3.63, 3.8) is 0 Å². The van der Waals surface area contributed by atoms with Crippen molar-refractivity contribution in [2.45, 2.75) is 19.9 Å². The fraction of sp³-hybridized carbons (Fsp3) is 0.250. The molecule has 9 heteroatoms. The van der Waals surface area contributed by atoms with Gasteiger partial charge in [0.2, 0.25) is 0 Å². The van der Waals surface area contributed by atoms with Crippen LogP contribution in [0.25, 0.3) is 16.8 Å². The van der Waals surface area contributed by atoms with E-state index in [2.05, 4.69) is 4.99 Å².